The van der Waals surface area contributed by atoms with Crippen LogP contribution < -0.4 is 10.1 Å². The standard InChI is InChI=1S/C21H30N2O4/c1-27-18-12-8-15(9-13-18)19-5-3-2-4-14-23(19)21(26)22-17-10-6-16(7-11-17)20(24)25/h8-9,12-13,16-17,19H,2-7,10-11,14H2,1H3,(H,22,26)(H,24,25). The lowest BCUT2D eigenvalue weighted by molar-refractivity contribution is -0.142. The van der Waals surface area contributed by atoms with E-state index in [2.05, 4.69) is 5.32 Å². The number of urea groups is 1. The number of likely N-dealkylation sites (tertiary alicyclic amines) is 1. The summed E-state index contributed by atoms with van der Waals surface area (Å²) in [6.07, 6.45) is 7.00. The molecule has 0 spiro atoms. The van der Waals surface area contributed by atoms with Gasteiger partial charge in [0.05, 0.1) is 19.1 Å². The predicted molar refractivity (Wildman–Crippen MR) is 103 cm³/mol. The van der Waals surface area contributed by atoms with Crippen LogP contribution in [0.5, 0.6) is 5.75 Å². The Labute approximate surface area is 160 Å². The molecule has 1 atom stereocenters. The van der Waals surface area contributed by atoms with Crippen LogP contribution in [-0.4, -0.2) is 41.7 Å². The summed E-state index contributed by atoms with van der Waals surface area (Å²) >= 11 is 0. The van der Waals surface area contributed by atoms with E-state index >= 15 is 0 Å². The normalized spacial score (nSPS) is 26.1. The van der Waals surface area contributed by atoms with Crippen LogP contribution in [0.25, 0.3) is 0 Å². The Kier molecular flexibility index (Phi) is 6.58. The summed E-state index contributed by atoms with van der Waals surface area (Å²) < 4.78 is 5.25. The highest BCUT2D eigenvalue weighted by atomic mass is 16.5. The highest BCUT2D eigenvalue weighted by Gasteiger charge is 2.31. The van der Waals surface area contributed by atoms with E-state index in [0.717, 1.165) is 56.4 Å². The van der Waals surface area contributed by atoms with Gasteiger partial charge in [-0.2, -0.15) is 0 Å². The van der Waals surface area contributed by atoms with Gasteiger partial charge in [-0.05, 0) is 56.2 Å². The van der Waals surface area contributed by atoms with Crippen LogP contribution in [0.2, 0.25) is 0 Å². The number of nitrogens with one attached hydrogen (secondary N) is 1. The minimum atomic E-state index is -0.716. The number of aliphatic carboxylic acids is 1. The first-order valence-electron chi connectivity index (χ1n) is 10.0. The largest absolute Gasteiger partial charge is 0.497 e. The first-order valence-corrected chi connectivity index (χ1v) is 10.0. The molecule has 27 heavy (non-hydrogen) atoms. The first kappa shape index (κ1) is 19.5. The van der Waals surface area contributed by atoms with Crippen LogP contribution in [0, 0.1) is 5.92 Å². The third kappa shape index (κ3) is 4.93. The van der Waals surface area contributed by atoms with Crippen molar-refractivity contribution in [1.82, 2.24) is 10.2 Å². The van der Waals surface area contributed by atoms with E-state index in [1.807, 2.05) is 29.2 Å². The number of carbonyl (C=O) groups excluding carboxylic acids is 1. The minimum Gasteiger partial charge on any atom is -0.497 e. The van der Waals surface area contributed by atoms with Crippen molar-refractivity contribution in [3.05, 3.63) is 29.8 Å². The third-order valence-electron chi connectivity index (χ3n) is 5.92. The molecule has 1 aliphatic heterocycles. The monoisotopic (exact) mass is 374 g/mol. The van der Waals surface area contributed by atoms with Crippen molar-refractivity contribution in [2.24, 2.45) is 5.92 Å². The van der Waals surface area contributed by atoms with Crippen molar-refractivity contribution in [3.63, 3.8) is 0 Å². The van der Waals surface area contributed by atoms with Gasteiger partial charge in [0, 0.05) is 12.6 Å². The molecule has 0 radical (unpaired) electrons. The van der Waals surface area contributed by atoms with E-state index in [1.165, 1.54) is 0 Å². The Morgan fingerprint density at radius 2 is 1.74 bits per heavy atom. The summed E-state index contributed by atoms with van der Waals surface area (Å²) in [4.78, 5) is 26.1. The van der Waals surface area contributed by atoms with E-state index in [4.69, 9.17) is 9.84 Å². The Morgan fingerprint density at radius 1 is 1.04 bits per heavy atom. The SMILES string of the molecule is COc1ccc(C2CCCCCN2C(=O)NC2CCC(C(=O)O)CC2)cc1. The van der Waals surface area contributed by atoms with Gasteiger partial charge >= 0.3 is 12.0 Å². The zero-order valence-electron chi connectivity index (χ0n) is 16.0. The number of carboxylic acid groups (broad SMARTS) is 1. The summed E-state index contributed by atoms with van der Waals surface area (Å²) in [6.45, 7) is 0.757. The Balaban J connectivity index is 1.65. The molecular formula is C21H30N2O4. The summed E-state index contributed by atoms with van der Waals surface area (Å²) in [7, 11) is 1.65. The molecule has 1 unspecified atom stereocenters. The van der Waals surface area contributed by atoms with Gasteiger partial charge in [-0.3, -0.25) is 4.79 Å². The second kappa shape index (κ2) is 9.11. The molecule has 1 saturated heterocycles. The molecule has 2 N–H and O–H groups in total. The molecule has 1 aromatic rings. The highest BCUT2D eigenvalue weighted by Crippen LogP contribution is 2.32. The molecule has 1 heterocycles. The fourth-order valence-corrected chi connectivity index (χ4v) is 4.27. The van der Waals surface area contributed by atoms with Gasteiger partial charge in [0.2, 0.25) is 0 Å². The van der Waals surface area contributed by atoms with E-state index in [1.54, 1.807) is 7.11 Å². The number of ether oxygens (including phenoxy) is 1. The van der Waals surface area contributed by atoms with Crippen LogP contribution in [0.1, 0.15) is 63.0 Å². The molecule has 2 fully saturated rings. The van der Waals surface area contributed by atoms with Crippen molar-refractivity contribution < 1.29 is 19.4 Å². The molecule has 1 aromatic carbocycles. The van der Waals surface area contributed by atoms with Crippen LogP contribution in [0.4, 0.5) is 4.79 Å². The number of carboxylic acids is 1. The van der Waals surface area contributed by atoms with Gasteiger partial charge in [0.15, 0.2) is 0 Å². The zero-order chi connectivity index (χ0) is 19.2. The van der Waals surface area contributed by atoms with E-state index < -0.39 is 5.97 Å². The fraction of sp³-hybridized carbons (Fsp3) is 0.619. The molecule has 0 aromatic heterocycles. The second-order valence-corrected chi connectivity index (χ2v) is 7.67. The molecular weight excluding hydrogens is 344 g/mol. The van der Waals surface area contributed by atoms with Crippen LogP contribution in [0.3, 0.4) is 0 Å². The van der Waals surface area contributed by atoms with Crippen molar-refractivity contribution in [2.45, 2.75) is 63.5 Å². The maximum atomic E-state index is 13.0. The number of hydrogen-bond donors (Lipinski definition) is 2. The van der Waals surface area contributed by atoms with Gasteiger partial charge in [-0.15, -0.1) is 0 Å². The Morgan fingerprint density at radius 3 is 2.37 bits per heavy atom. The maximum Gasteiger partial charge on any atom is 0.318 e. The maximum absolute atomic E-state index is 13.0. The smallest absolute Gasteiger partial charge is 0.318 e. The molecule has 1 saturated carbocycles. The van der Waals surface area contributed by atoms with Crippen LogP contribution in [-0.2, 0) is 4.79 Å². The molecule has 2 amide bonds. The van der Waals surface area contributed by atoms with Crippen molar-refractivity contribution in [2.75, 3.05) is 13.7 Å². The van der Waals surface area contributed by atoms with Crippen LogP contribution >= 0.6 is 0 Å². The average molecular weight is 374 g/mol. The van der Waals surface area contributed by atoms with E-state index in [0.29, 0.717) is 12.8 Å². The molecule has 0 bridgehead atoms. The molecule has 6 nitrogen and oxygen atoms in total. The summed E-state index contributed by atoms with van der Waals surface area (Å²) in [5, 5.41) is 12.3. The zero-order valence-corrected chi connectivity index (χ0v) is 16.0. The van der Waals surface area contributed by atoms with Gasteiger partial charge < -0.3 is 20.1 Å². The van der Waals surface area contributed by atoms with Gasteiger partial charge in [-0.25, -0.2) is 4.79 Å². The summed E-state index contributed by atoms with van der Waals surface area (Å²) in [5.41, 5.74) is 1.14. The molecule has 3 rings (SSSR count). The fourth-order valence-electron chi connectivity index (χ4n) is 4.27. The van der Waals surface area contributed by atoms with Crippen molar-refractivity contribution >= 4 is 12.0 Å². The number of benzene rings is 1. The lowest BCUT2D eigenvalue weighted by Gasteiger charge is -2.34. The second-order valence-electron chi connectivity index (χ2n) is 7.67. The molecule has 2 aliphatic rings. The first-order chi connectivity index (χ1) is 13.1. The quantitative estimate of drug-likeness (QED) is 0.836. The molecule has 6 heteroatoms. The molecule has 148 valence electrons. The van der Waals surface area contributed by atoms with Gasteiger partial charge in [-0.1, -0.05) is 25.0 Å². The third-order valence-corrected chi connectivity index (χ3v) is 5.92. The van der Waals surface area contributed by atoms with Gasteiger partial charge in [0.1, 0.15) is 5.75 Å². The van der Waals surface area contributed by atoms with Crippen molar-refractivity contribution in [3.8, 4) is 5.75 Å². The number of hydrogen-bond acceptors (Lipinski definition) is 3. The number of amides is 2. The number of nitrogens with zero attached hydrogens (tertiary/aromatic N) is 1. The van der Waals surface area contributed by atoms with Gasteiger partial charge in [0.25, 0.3) is 0 Å². The average Bonchev–Trinajstić information content (AvgIpc) is 2.94. The number of methoxy groups -OCH3 is 1. The number of rotatable bonds is 4. The summed E-state index contributed by atoms with van der Waals surface area (Å²) in [5.74, 6) is -0.159. The Bertz CT molecular complexity index is 638. The number of carbonyl (C=O) groups is 2. The summed E-state index contributed by atoms with van der Waals surface area (Å²) in [6, 6.07) is 8.13. The van der Waals surface area contributed by atoms with Crippen LogP contribution in [0.15, 0.2) is 24.3 Å². The predicted octanol–water partition coefficient (Wildman–Crippen LogP) is 3.97. The molecule has 1 aliphatic carbocycles. The Hall–Kier alpha value is -2.24. The van der Waals surface area contributed by atoms with Crippen molar-refractivity contribution in [1.29, 1.82) is 0 Å². The highest BCUT2D eigenvalue weighted by molar-refractivity contribution is 5.75. The van der Waals surface area contributed by atoms with E-state index in [-0.39, 0.29) is 24.0 Å². The topological polar surface area (TPSA) is 78.9 Å². The lowest BCUT2D eigenvalue weighted by Crippen LogP contribution is -2.47. The minimum absolute atomic E-state index is 0.0171. The lowest BCUT2D eigenvalue weighted by atomic mass is 9.86. The van der Waals surface area contributed by atoms with E-state index in [9.17, 15) is 9.59 Å².